The van der Waals surface area contributed by atoms with Gasteiger partial charge in [0.2, 0.25) is 0 Å². The Morgan fingerprint density at radius 1 is 0.250 bits per heavy atom. The minimum Gasteiger partial charge on any atom is -0.457 e. The molecule has 0 fully saturated rings. The Kier molecular flexibility index (Phi) is 13.9. The lowest BCUT2D eigenvalue weighted by molar-refractivity contribution is 0.675. The maximum Gasteiger partial charge on any atom is 0.164 e. The minimum absolute atomic E-state index is 0.00638. The molecule has 0 aliphatic carbocycles. The molecule has 2 heterocycles. The number of nitrogens with zero attached hydrogens (tertiary/aromatic N) is 4. The number of furan rings is 1. The zero-order valence-electron chi connectivity index (χ0n) is 40.3. The van der Waals surface area contributed by atoms with E-state index in [1.54, 1.807) is 24.3 Å². The van der Waals surface area contributed by atoms with Crippen molar-refractivity contribution in [3.05, 3.63) is 84.9 Å². The first kappa shape index (κ1) is 53.1. The van der Waals surface area contributed by atoms with E-state index in [1.807, 2.05) is 60.7 Å². The van der Waals surface area contributed by atoms with E-state index >= 15 is 0 Å². The van der Waals surface area contributed by atoms with Gasteiger partial charge in [0, 0.05) is 44.5 Å². The smallest absolute Gasteiger partial charge is 0.164 e. The summed E-state index contributed by atoms with van der Waals surface area (Å²) in [4.78, 5) is 15.8. The Balaban J connectivity index is 1.29. The lowest BCUT2D eigenvalue weighted by atomic mass is 9.59. The highest BCUT2D eigenvalue weighted by atomic mass is 16.3. The van der Waals surface area contributed by atoms with Crippen molar-refractivity contribution >= 4 is 305 Å². The first-order valence-corrected chi connectivity index (χ1v) is 22.8. The van der Waals surface area contributed by atoms with Gasteiger partial charge in [0.1, 0.15) is 168 Å². The molecule has 0 saturated heterocycles. The molecule has 0 atom stereocenters. The molecule has 0 amide bonds. The third-order valence-electron chi connectivity index (χ3n) is 13.6. The summed E-state index contributed by atoms with van der Waals surface area (Å²) in [7, 11) is 135. The van der Waals surface area contributed by atoms with E-state index in [1.165, 1.54) is 4.90 Å². The van der Waals surface area contributed by atoms with Crippen molar-refractivity contribution < 1.29 is 4.42 Å². The first-order chi connectivity index (χ1) is 36.1. The van der Waals surface area contributed by atoms with Crippen molar-refractivity contribution in [3.8, 4) is 56.4 Å². The maximum atomic E-state index is 7.47. The number of rotatable bonds is 8. The molecule has 0 N–H and O–H groups in total. The van der Waals surface area contributed by atoms with Gasteiger partial charge in [0.25, 0.3) is 0 Å². The molecule has 8 aromatic carbocycles. The molecule has 10 rings (SSSR count). The zero-order chi connectivity index (χ0) is 54.7. The van der Waals surface area contributed by atoms with E-state index in [2.05, 4.69) is 0 Å². The first-order valence-electron chi connectivity index (χ1n) is 22.8. The van der Waals surface area contributed by atoms with E-state index in [9.17, 15) is 0 Å². The number of benzene rings is 8. The van der Waals surface area contributed by atoms with Gasteiger partial charge in [0.05, 0.1) is 0 Å². The molecule has 0 aliphatic rings. The fraction of sp³-hybridized carbons (Fsp3) is 0. The van der Waals surface area contributed by atoms with Crippen LogP contribution in [0.3, 0.4) is 0 Å². The molecule has 25 heteroatoms. The Hall–Kier alpha value is -6.33. The summed E-state index contributed by atoms with van der Waals surface area (Å²) >= 11 is 0. The second-order valence-corrected chi connectivity index (χ2v) is 17.9. The molecule has 0 aliphatic heterocycles. The number of anilines is 3. The Morgan fingerprint density at radius 2 is 0.566 bits per heavy atom. The third kappa shape index (κ3) is 8.19. The molecule has 0 spiro atoms. The zero-order valence-corrected chi connectivity index (χ0v) is 40.3. The lowest BCUT2D eigenvalue weighted by Crippen LogP contribution is -2.60. The fourth-order valence-electron chi connectivity index (χ4n) is 9.48. The average molecular weight is 915 g/mol. The Labute approximate surface area is 467 Å². The summed E-state index contributed by atoms with van der Waals surface area (Å²) in [6.45, 7) is 0. The number of aromatic nitrogens is 3. The topological polar surface area (TPSA) is 55.1 Å². The molecule has 76 heavy (non-hydrogen) atoms. The van der Waals surface area contributed by atoms with Crippen LogP contribution in [-0.2, 0) is 0 Å². The standard InChI is InChI=1S/C51H14B20N4O/c52-24-19(15-11-13-18(14-12-15)51-73-49(16-7-3-1-4-8-16)72-50(74-51)17-9-5-2-6-10-17)20-23-26(54)29(57)37(65)43(71)48(23)76-47(20)28(56)21(24)22-25(53)30(58)38(66)44(27(22)55)75(45-39(67)33(61)31(59)34(62)40(45)68)46-41(69)35(63)32(60)36(64)42(46)70/h1-14H. The molecule has 10 aromatic rings. The second-order valence-electron chi connectivity index (χ2n) is 17.9. The van der Waals surface area contributed by atoms with Crippen molar-refractivity contribution in [3.63, 3.8) is 0 Å². The summed E-state index contributed by atoms with van der Waals surface area (Å²) in [6.07, 6.45) is 0. The van der Waals surface area contributed by atoms with Crippen molar-refractivity contribution in [2.45, 2.75) is 0 Å². The largest absolute Gasteiger partial charge is 0.457 e. The molecule has 0 bridgehead atoms. The third-order valence-corrected chi connectivity index (χ3v) is 13.6. The van der Waals surface area contributed by atoms with E-state index in [4.69, 9.17) is 176 Å². The Bertz CT molecular complexity index is 3930. The minimum atomic E-state index is -0.273. The predicted molar refractivity (Wildman–Crippen MR) is 337 cm³/mol. The fourth-order valence-corrected chi connectivity index (χ4v) is 9.48. The molecule has 0 saturated carbocycles. The second kappa shape index (κ2) is 19.9. The van der Waals surface area contributed by atoms with Crippen LogP contribution >= 0.6 is 0 Å². The van der Waals surface area contributed by atoms with E-state index in [-0.39, 0.29) is 160 Å². The van der Waals surface area contributed by atoms with Gasteiger partial charge in [-0.3, -0.25) is 0 Å². The van der Waals surface area contributed by atoms with E-state index < -0.39 is 0 Å². The van der Waals surface area contributed by atoms with Crippen molar-refractivity contribution in [2.24, 2.45) is 0 Å². The van der Waals surface area contributed by atoms with Gasteiger partial charge in [-0.25, -0.2) is 15.0 Å². The van der Waals surface area contributed by atoms with Crippen molar-refractivity contribution in [1.82, 2.24) is 15.0 Å². The van der Waals surface area contributed by atoms with Gasteiger partial charge in [-0.2, -0.15) is 0 Å². The summed E-state index contributed by atoms with van der Waals surface area (Å²) in [5, 5.41) is 0.540. The van der Waals surface area contributed by atoms with Crippen molar-refractivity contribution in [2.75, 3.05) is 4.90 Å². The summed E-state index contributed by atoms with van der Waals surface area (Å²) in [5.41, 5.74) is -0.866. The van der Waals surface area contributed by atoms with Gasteiger partial charge in [-0.1, -0.05) is 140 Å². The average Bonchev–Trinajstić information content (AvgIpc) is 3.93. The molecule has 304 valence electrons. The number of hydrogen-bond acceptors (Lipinski definition) is 5. The van der Waals surface area contributed by atoms with Crippen LogP contribution in [0.2, 0.25) is 0 Å². The van der Waals surface area contributed by atoms with Crippen LogP contribution in [0.25, 0.3) is 78.4 Å². The molecular weight excluding hydrogens is 901 g/mol. The molecule has 2 aromatic heterocycles. The quantitative estimate of drug-likeness (QED) is 0.142. The monoisotopic (exact) mass is 918 g/mol. The van der Waals surface area contributed by atoms with Crippen LogP contribution in [0, 0.1) is 0 Å². The van der Waals surface area contributed by atoms with Crippen LogP contribution in [-0.4, -0.2) is 172 Å². The van der Waals surface area contributed by atoms with Crippen LogP contribution in [0.1, 0.15) is 0 Å². The molecule has 5 nitrogen and oxygen atoms in total. The molecular formula is C51H14B20N4O. The van der Waals surface area contributed by atoms with Crippen LogP contribution in [0.15, 0.2) is 89.3 Å². The molecule has 0 unspecified atom stereocenters. The van der Waals surface area contributed by atoms with Gasteiger partial charge >= 0.3 is 0 Å². The summed E-state index contributed by atoms with van der Waals surface area (Å²) in [5.74, 6) is 1.28. The van der Waals surface area contributed by atoms with Crippen molar-refractivity contribution in [1.29, 1.82) is 0 Å². The molecule has 40 radical (unpaired) electrons. The number of hydrogen-bond donors (Lipinski definition) is 0. The van der Waals surface area contributed by atoms with E-state index in [0.717, 1.165) is 11.1 Å². The maximum absolute atomic E-state index is 7.47. The highest BCUT2D eigenvalue weighted by Gasteiger charge is 2.31. The van der Waals surface area contributed by atoms with Gasteiger partial charge in [-0.05, 0) is 27.7 Å². The SMILES string of the molecule is [B]c1c([B])c([B])c(N(c2c([B])c([B])c([B])c([B])c2[B])c2c([B])c([B])c([B])c(-c3c([B])c(-c4ccc(-c5nc(-c6ccccc6)nc(-c6ccccc6)n5)cc4)c4c(oc5c([B])c([B])c([B])c([B])c54)c3[B])c2[B])c([B])c1[B]. The highest BCUT2D eigenvalue weighted by molar-refractivity contribution is 6.73. The van der Waals surface area contributed by atoms with Crippen LogP contribution in [0.5, 0.6) is 0 Å². The highest BCUT2D eigenvalue weighted by Crippen LogP contribution is 2.37. The summed E-state index contributed by atoms with van der Waals surface area (Å²) < 4.78 is 6.56. The Morgan fingerprint density at radius 3 is 1.00 bits per heavy atom. The summed E-state index contributed by atoms with van der Waals surface area (Å²) in [6, 6.07) is 26.2. The normalized spacial score (nSPS) is 11.4. The van der Waals surface area contributed by atoms with Gasteiger partial charge in [-0.15, -0.1) is 49.2 Å². The lowest BCUT2D eigenvalue weighted by Gasteiger charge is -2.40. The van der Waals surface area contributed by atoms with E-state index in [0.29, 0.717) is 34.0 Å². The van der Waals surface area contributed by atoms with Gasteiger partial charge in [0.15, 0.2) is 17.5 Å². The predicted octanol–water partition coefficient (Wildman–Crippen LogP) is -10.5. The van der Waals surface area contributed by atoms with Crippen LogP contribution < -0.4 is 114 Å². The van der Waals surface area contributed by atoms with Crippen LogP contribution in [0.4, 0.5) is 17.1 Å². The number of fused-ring (bicyclic) bond motifs is 3. The van der Waals surface area contributed by atoms with Gasteiger partial charge < -0.3 is 9.32 Å².